The summed E-state index contributed by atoms with van der Waals surface area (Å²) >= 11 is 1.61. The average Bonchev–Trinajstić information content (AvgIpc) is 3.56. The number of alkyl halides is 1. The fraction of sp³-hybridized carbons (Fsp3) is 0.280. The number of nitrogens with one attached hydrogen (secondary N) is 2. The zero-order chi connectivity index (χ0) is 24.2. The summed E-state index contributed by atoms with van der Waals surface area (Å²) in [6, 6.07) is 10.00. The molecule has 0 aliphatic carbocycles. The van der Waals surface area contributed by atoms with Crippen molar-refractivity contribution in [3.63, 3.8) is 0 Å². The summed E-state index contributed by atoms with van der Waals surface area (Å²) in [6.07, 6.45) is 6.37. The number of hydrogen-bond acceptors (Lipinski definition) is 8. The Balaban J connectivity index is 0.000000271. The summed E-state index contributed by atoms with van der Waals surface area (Å²) < 4.78 is 19.1. The number of halogens is 1. The molecule has 4 heterocycles. The molecule has 0 radical (unpaired) electrons. The summed E-state index contributed by atoms with van der Waals surface area (Å²) in [5.74, 6) is 1.47. The fourth-order valence-electron chi connectivity index (χ4n) is 4.15. The molecule has 1 aliphatic rings. The molecule has 1 atom stereocenters. The van der Waals surface area contributed by atoms with Crippen LogP contribution in [0.2, 0.25) is 0 Å². The van der Waals surface area contributed by atoms with Crippen LogP contribution in [0.15, 0.2) is 54.6 Å². The lowest BCUT2D eigenvalue weighted by Gasteiger charge is -2.24. The third kappa shape index (κ3) is 5.23. The van der Waals surface area contributed by atoms with Gasteiger partial charge in [-0.15, -0.1) is 11.3 Å². The highest BCUT2D eigenvalue weighted by atomic mass is 32.1. The molecule has 5 aromatic rings. The largest absolute Gasteiger partial charge is 0.496 e. The maximum atomic E-state index is 12.4. The third-order valence-electron chi connectivity index (χ3n) is 5.93. The summed E-state index contributed by atoms with van der Waals surface area (Å²) in [5.41, 5.74) is 6.45. The van der Waals surface area contributed by atoms with Gasteiger partial charge in [-0.2, -0.15) is 5.10 Å². The van der Waals surface area contributed by atoms with Gasteiger partial charge in [0.15, 0.2) is 0 Å². The van der Waals surface area contributed by atoms with Crippen molar-refractivity contribution in [3.8, 4) is 16.9 Å². The highest BCUT2D eigenvalue weighted by Gasteiger charge is 2.15. The molecule has 0 saturated carbocycles. The van der Waals surface area contributed by atoms with Crippen LogP contribution in [0.4, 0.5) is 15.9 Å². The van der Waals surface area contributed by atoms with Crippen LogP contribution >= 0.6 is 11.3 Å². The zero-order valence-corrected chi connectivity index (χ0v) is 20.3. The number of aromatic nitrogens is 5. The molecule has 35 heavy (non-hydrogen) atoms. The number of fused-ring (bicyclic) bond motifs is 2. The second kappa shape index (κ2) is 10.3. The number of methoxy groups -OCH3 is 1. The summed E-state index contributed by atoms with van der Waals surface area (Å²) in [4.78, 5) is 15.2. The van der Waals surface area contributed by atoms with Crippen molar-refractivity contribution < 1.29 is 9.13 Å². The van der Waals surface area contributed by atoms with Crippen LogP contribution in [0.3, 0.4) is 0 Å². The molecule has 0 spiro atoms. The Hall–Kier alpha value is -3.63. The van der Waals surface area contributed by atoms with Crippen LogP contribution in [-0.2, 0) is 0 Å². The van der Waals surface area contributed by atoms with Gasteiger partial charge in [0.25, 0.3) is 0 Å². The Labute approximate surface area is 206 Å². The van der Waals surface area contributed by atoms with Crippen LogP contribution in [0.1, 0.15) is 12.8 Å². The van der Waals surface area contributed by atoms with Crippen molar-refractivity contribution in [3.05, 3.63) is 54.6 Å². The number of likely N-dealkylation sites (tertiary alicyclic amines) is 1. The van der Waals surface area contributed by atoms with Gasteiger partial charge in [-0.25, -0.2) is 19.3 Å². The van der Waals surface area contributed by atoms with Gasteiger partial charge in [0, 0.05) is 41.0 Å². The van der Waals surface area contributed by atoms with Crippen molar-refractivity contribution in [2.24, 2.45) is 0 Å². The van der Waals surface area contributed by atoms with E-state index in [9.17, 15) is 4.39 Å². The van der Waals surface area contributed by atoms with E-state index in [1.165, 1.54) is 0 Å². The first-order valence-corrected chi connectivity index (χ1v) is 12.2. The first-order chi connectivity index (χ1) is 17.1. The minimum Gasteiger partial charge on any atom is -0.496 e. The van der Waals surface area contributed by atoms with E-state index in [1.807, 2.05) is 47.9 Å². The molecule has 1 fully saturated rings. The standard InChI is InChI=1S/C19H14N6OS.C6H12FN/c1-26-17-6-16-14(5-13(17)11-7-23-24-8-11)19(21-9-20-16)25-12-2-3-15-18(4-12)27-10-22-15;1-8-4-2-3-6(7)5-8/h2-10H,1H3,(H,23,24)(H,20,21,25);6H,2-5H2,1H3/t;6-/m.0/s1. The van der Waals surface area contributed by atoms with E-state index in [4.69, 9.17) is 4.74 Å². The number of benzene rings is 2. The predicted molar refractivity (Wildman–Crippen MR) is 138 cm³/mol. The first-order valence-electron chi connectivity index (χ1n) is 11.4. The highest BCUT2D eigenvalue weighted by molar-refractivity contribution is 7.16. The van der Waals surface area contributed by atoms with Gasteiger partial charge in [0.1, 0.15) is 24.1 Å². The third-order valence-corrected chi connectivity index (χ3v) is 6.72. The van der Waals surface area contributed by atoms with Gasteiger partial charge in [-0.05, 0) is 50.7 Å². The number of aromatic amines is 1. The normalized spacial score (nSPS) is 16.1. The smallest absolute Gasteiger partial charge is 0.141 e. The van der Waals surface area contributed by atoms with Crippen LogP contribution < -0.4 is 10.1 Å². The van der Waals surface area contributed by atoms with Crippen molar-refractivity contribution in [1.82, 2.24) is 30.0 Å². The number of anilines is 2. The first kappa shape index (κ1) is 23.1. The number of rotatable bonds is 4. The van der Waals surface area contributed by atoms with Crippen LogP contribution in [0, 0.1) is 0 Å². The molecule has 180 valence electrons. The molecule has 8 nitrogen and oxygen atoms in total. The maximum absolute atomic E-state index is 12.4. The van der Waals surface area contributed by atoms with Crippen molar-refractivity contribution in [2.75, 3.05) is 32.6 Å². The van der Waals surface area contributed by atoms with Crippen molar-refractivity contribution in [2.45, 2.75) is 19.0 Å². The number of hydrogen-bond donors (Lipinski definition) is 2. The van der Waals surface area contributed by atoms with Crippen LogP contribution in [-0.4, -0.2) is 63.5 Å². The van der Waals surface area contributed by atoms with Crippen molar-refractivity contribution in [1.29, 1.82) is 0 Å². The SMILES string of the molecule is CN1CCC[C@H](F)C1.COc1cc2ncnc(Nc3ccc4ncsc4c3)c2cc1-c1cn[nH]c1. The molecule has 3 aromatic heterocycles. The monoisotopic (exact) mass is 491 g/mol. The Morgan fingerprint density at radius 1 is 1.17 bits per heavy atom. The molecule has 0 amide bonds. The molecule has 0 unspecified atom stereocenters. The highest BCUT2D eigenvalue weighted by Crippen LogP contribution is 2.36. The molecule has 0 bridgehead atoms. The van der Waals surface area contributed by atoms with Gasteiger partial charge in [0.2, 0.25) is 0 Å². The van der Waals surface area contributed by atoms with Gasteiger partial charge in [-0.1, -0.05) is 0 Å². The Bertz CT molecular complexity index is 1410. The average molecular weight is 492 g/mol. The molecule has 2 aromatic carbocycles. The molecule has 1 saturated heterocycles. The number of piperidine rings is 1. The number of nitrogens with zero attached hydrogens (tertiary/aromatic N) is 5. The lowest BCUT2D eigenvalue weighted by Crippen LogP contribution is -2.32. The molecular weight excluding hydrogens is 465 g/mol. The second-order valence-electron chi connectivity index (χ2n) is 8.44. The van der Waals surface area contributed by atoms with Gasteiger partial charge in [-0.3, -0.25) is 5.10 Å². The zero-order valence-electron chi connectivity index (χ0n) is 19.5. The lowest BCUT2D eigenvalue weighted by molar-refractivity contribution is 0.163. The summed E-state index contributed by atoms with van der Waals surface area (Å²) in [6.45, 7) is 1.71. The molecule has 1 aliphatic heterocycles. The van der Waals surface area contributed by atoms with E-state index in [0.29, 0.717) is 6.54 Å². The number of thiazole rings is 1. The topological polar surface area (TPSA) is 91.8 Å². The molecule has 6 rings (SSSR count). The molecule has 10 heteroatoms. The van der Waals surface area contributed by atoms with Crippen LogP contribution in [0.5, 0.6) is 5.75 Å². The van der Waals surface area contributed by atoms with Crippen molar-refractivity contribution >= 4 is 44.0 Å². The minimum absolute atomic E-state index is 0.561. The van der Waals surface area contributed by atoms with E-state index in [2.05, 4.69) is 36.5 Å². The van der Waals surface area contributed by atoms with E-state index in [0.717, 1.165) is 68.9 Å². The minimum atomic E-state index is -0.561. The van der Waals surface area contributed by atoms with Gasteiger partial charge >= 0.3 is 0 Å². The predicted octanol–water partition coefficient (Wildman–Crippen LogP) is 5.43. The fourth-order valence-corrected chi connectivity index (χ4v) is 4.87. The summed E-state index contributed by atoms with van der Waals surface area (Å²) in [5, 5.41) is 11.2. The van der Waals surface area contributed by atoms with E-state index in [-0.39, 0.29) is 0 Å². The van der Waals surface area contributed by atoms with Gasteiger partial charge < -0.3 is 15.0 Å². The quantitative estimate of drug-likeness (QED) is 0.346. The van der Waals surface area contributed by atoms with E-state index >= 15 is 0 Å². The Kier molecular flexibility index (Phi) is 6.82. The van der Waals surface area contributed by atoms with Gasteiger partial charge in [0.05, 0.1) is 34.6 Å². The van der Waals surface area contributed by atoms with E-state index in [1.54, 1.807) is 31.0 Å². The number of ether oxygens (including phenoxy) is 1. The molecular formula is C25H26FN7OS. The maximum Gasteiger partial charge on any atom is 0.141 e. The number of H-pyrrole nitrogens is 1. The lowest BCUT2D eigenvalue weighted by atomic mass is 10.1. The summed E-state index contributed by atoms with van der Waals surface area (Å²) in [7, 11) is 3.61. The second-order valence-corrected chi connectivity index (χ2v) is 9.33. The molecule has 2 N–H and O–H groups in total. The Morgan fingerprint density at radius 3 is 2.83 bits per heavy atom. The van der Waals surface area contributed by atoms with Crippen LogP contribution in [0.25, 0.3) is 32.2 Å². The Morgan fingerprint density at radius 2 is 2.09 bits per heavy atom. The van der Waals surface area contributed by atoms with E-state index < -0.39 is 6.17 Å².